The van der Waals surface area contributed by atoms with Crippen LogP contribution in [0.25, 0.3) is 5.65 Å². The zero-order chi connectivity index (χ0) is 24.3. The number of amides is 1. The molecule has 11 nitrogen and oxygen atoms in total. The maximum absolute atomic E-state index is 15.3. The number of piperazine rings is 1. The highest BCUT2D eigenvalue weighted by Gasteiger charge is 2.58. The molecule has 12 heteroatoms. The number of halogens is 1. The topological polar surface area (TPSA) is 124 Å². The summed E-state index contributed by atoms with van der Waals surface area (Å²) >= 11 is 0. The first-order valence-electron chi connectivity index (χ1n) is 12.8. The second-order valence-corrected chi connectivity index (χ2v) is 10.6. The molecule has 3 aromatic rings. The predicted octanol–water partition coefficient (Wildman–Crippen LogP) is 2.47. The Kier molecular flexibility index (Phi) is 5.05. The Labute approximate surface area is 207 Å². The molecule has 1 saturated heterocycles. The summed E-state index contributed by atoms with van der Waals surface area (Å²) in [5.74, 6) is 1.47. The summed E-state index contributed by atoms with van der Waals surface area (Å²) < 4.78 is 22.6. The molecule has 0 spiro atoms. The first-order valence-corrected chi connectivity index (χ1v) is 12.8. The molecule has 3 atom stereocenters. The first-order chi connectivity index (χ1) is 17.6. The summed E-state index contributed by atoms with van der Waals surface area (Å²) in [6, 6.07) is 1.80. The fourth-order valence-electron chi connectivity index (χ4n) is 6.22. The summed E-state index contributed by atoms with van der Waals surface area (Å²) in [7, 11) is 0. The van der Waals surface area contributed by atoms with Gasteiger partial charge in [0.15, 0.2) is 11.5 Å². The average molecular weight is 496 g/mol. The van der Waals surface area contributed by atoms with E-state index in [9.17, 15) is 4.79 Å². The summed E-state index contributed by atoms with van der Waals surface area (Å²) in [6.07, 6.45) is 7.06. The molecule has 2 bridgehead atoms. The van der Waals surface area contributed by atoms with Crippen LogP contribution in [0, 0.1) is 5.92 Å². The van der Waals surface area contributed by atoms with Gasteiger partial charge in [0.1, 0.15) is 12.3 Å². The number of aromatic nitrogens is 5. The van der Waals surface area contributed by atoms with Crippen molar-refractivity contribution >= 4 is 29.2 Å². The third-order valence-corrected chi connectivity index (χ3v) is 8.27. The van der Waals surface area contributed by atoms with Gasteiger partial charge in [-0.25, -0.2) is 19.2 Å². The summed E-state index contributed by atoms with van der Waals surface area (Å²) in [5, 5.41) is 16.8. The van der Waals surface area contributed by atoms with Gasteiger partial charge in [0, 0.05) is 61.8 Å². The van der Waals surface area contributed by atoms with Gasteiger partial charge >= 0.3 is 6.09 Å². The van der Waals surface area contributed by atoms with Crippen molar-refractivity contribution in [3.8, 4) is 0 Å². The monoisotopic (exact) mass is 495 g/mol. The molecule has 5 aliphatic rings. The maximum atomic E-state index is 15.3. The number of fused-ring (bicyclic) bond motifs is 1. The number of carbonyl (C=O) groups is 1. The number of imidazole rings is 1. The van der Waals surface area contributed by atoms with E-state index in [-0.39, 0.29) is 5.54 Å². The minimum Gasteiger partial charge on any atom is -0.443 e. The van der Waals surface area contributed by atoms with Crippen LogP contribution in [0.15, 0.2) is 24.7 Å². The van der Waals surface area contributed by atoms with Crippen LogP contribution < -0.4 is 20.9 Å². The van der Waals surface area contributed by atoms with Gasteiger partial charge in [0.05, 0.1) is 11.9 Å². The number of rotatable bonds is 6. The molecular weight excluding hydrogens is 465 g/mol. The zero-order valence-corrected chi connectivity index (χ0v) is 19.9. The van der Waals surface area contributed by atoms with Crippen LogP contribution in [0.2, 0.25) is 0 Å². The molecule has 8 rings (SSSR count). The van der Waals surface area contributed by atoms with Gasteiger partial charge in [-0.15, -0.1) is 0 Å². The van der Waals surface area contributed by atoms with Crippen molar-refractivity contribution in [1.82, 2.24) is 35.2 Å². The minimum absolute atomic E-state index is 0.0760. The molecule has 4 saturated carbocycles. The zero-order valence-electron chi connectivity index (χ0n) is 19.9. The van der Waals surface area contributed by atoms with Crippen LogP contribution in [0.1, 0.15) is 43.7 Å². The Morgan fingerprint density at radius 3 is 2.81 bits per heavy atom. The van der Waals surface area contributed by atoms with Crippen molar-refractivity contribution in [1.29, 1.82) is 0 Å². The van der Waals surface area contributed by atoms with Crippen LogP contribution in [0.4, 0.5) is 26.6 Å². The van der Waals surface area contributed by atoms with Gasteiger partial charge in [-0.05, 0) is 38.0 Å². The maximum Gasteiger partial charge on any atom is 0.407 e. The number of nitrogens with one attached hydrogen (secondary N) is 4. The number of hydrogen-bond acceptors (Lipinski definition) is 8. The summed E-state index contributed by atoms with van der Waals surface area (Å²) in [5.41, 5.74) is 2.41. The molecule has 4 N–H and O–H groups in total. The number of nitrogens with zero attached hydrogens (tertiary/aromatic N) is 5. The van der Waals surface area contributed by atoms with E-state index in [0.29, 0.717) is 30.3 Å². The van der Waals surface area contributed by atoms with Crippen molar-refractivity contribution in [2.24, 2.45) is 5.92 Å². The highest BCUT2D eigenvalue weighted by atomic mass is 19.1. The Bertz CT molecular complexity index is 1270. The number of carbonyl (C=O) groups excluding carboxylic acids is 1. The molecule has 0 radical (unpaired) electrons. The smallest absolute Gasteiger partial charge is 0.407 e. The number of aromatic amines is 1. The number of alkyl carbamates (subject to hydrolysis) is 1. The molecule has 1 aliphatic heterocycles. The lowest BCUT2D eigenvalue weighted by atomic mass is 9.50. The van der Waals surface area contributed by atoms with E-state index in [1.165, 1.54) is 0 Å². The second kappa shape index (κ2) is 8.32. The highest BCUT2D eigenvalue weighted by Crippen LogP contribution is 2.57. The van der Waals surface area contributed by atoms with Crippen LogP contribution in [-0.2, 0) is 4.74 Å². The van der Waals surface area contributed by atoms with E-state index in [1.807, 2.05) is 16.8 Å². The third-order valence-electron chi connectivity index (χ3n) is 8.27. The Balaban J connectivity index is 1.02. The number of alkyl halides is 1. The van der Waals surface area contributed by atoms with Crippen molar-refractivity contribution in [3.05, 3.63) is 30.4 Å². The van der Waals surface area contributed by atoms with Crippen LogP contribution in [0.5, 0.6) is 0 Å². The van der Waals surface area contributed by atoms with Crippen molar-refractivity contribution in [2.45, 2.75) is 55.8 Å². The number of H-pyrrole nitrogens is 1. The SMILES string of the molecule is O=C(NC12CC(C1)C2)O[C@@H]1CC[C@H](c2cc(Nc3ncc(N4CCNCC4)c4nccn34)n[nH]2)[C@H]1F. The molecule has 5 fully saturated rings. The van der Waals surface area contributed by atoms with Gasteiger partial charge < -0.3 is 25.6 Å². The molecule has 36 heavy (non-hydrogen) atoms. The van der Waals surface area contributed by atoms with Crippen molar-refractivity contribution < 1.29 is 13.9 Å². The highest BCUT2D eigenvalue weighted by molar-refractivity contribution is 5.71. The average Bonchev–Trinajstić information content (AvgIpc) is 3.58. The summed E-state index contributed by atoms with van der Waals surface area (Å²) in [4.78, 5) is 23.7. The molecule has 4 heterocycles. The largest absolute Gasteiger partial charge is 0.443 e. The third kappa shape index (κ3) is 3.66. The fraction of sp³-hybridized carbons (Fsp3) is 0.583. The number of hydrogen-bond donors (Lipinski definition) is 4. The van der Waals surface area contributed by atoms with Crippen molar-refractivity contribution in [3.63, 3.8) is 0 Å². The van der Waals surface area contributed by atoms with Crippen molar-refractivity contribution in [2.75, 3.05) is 36.4 Å². The molecule has 190 valence electrons. The Hall–Kier alpha value is -3.41. The van der Waals surface area contributed by atoms with Crippen LogP contribution in [0.3, 0.4) is 0 Å². The Morgan fingerprint density at radius 1 is 1.19 bits per heavy atom. The number of ether oxygens (including phenoxy) is 1. The van der Waals surface area contributed by atoms with E-state index in [0.717, 1.165) is 62.7 Å². The lowest BCUT2D eigenvalue weighted by molar-refractivity contribution is -0.0532. The van der Waals surface area contributed by atoms with Crippen LogP contribution in [-0.4, -0.2) is 74.7 Å². The fourth-order valence-corrected chi connectivity index (χ4v) is 6.22. The van der Waals surface area contributed by atoms with E-state index < -0.39 is 24.3 Å². The quantitative estimate of drug-likeness (QED) is 0.411. The summed E-state index contributed by atoms with van der Waals surface area (Å²) in [6.45, 7) is 3.66. The molecular formula is C24H30FN9O2. The second-order valence-electron chi connectivity index (χ2n) is 10.6. The molecule has 4 aliphatic carbocycles. The molecule has 3 aromatic heterocycles. The molecule has 0 unspecified atom stereocenters. The van der Waals surface area contributed by atoms with Gasteiger partial charge in [0.2, 0.25) is 5.95 Å². The van der Waals surface area contributed by atoms with E-state index >= 15 is 4.39 Å². The predicted molar refractivity (Wildman–Crippen MR) is 130 cm³/mol. The van der Waals surface area contributed by atoms with Gasteiger partial charge in [0.25, 0.3) is 0 Å². The molecule has 1 amide bonds. The lowest BCUT2D eigenvalue weighted by Crippen LogP contribution is -2.68. The number of anilines is 3. The van der Waals surface area contributed by atoms with Gasteiger partial charge in [-0.2, -0.15) is 5.10 Å². The van der Waals surface area contributed by atoms with Gasteiger partial charge in [-0.3, -0.25) is 9.50 Å². The Morgan fingerprint density at radius 2 is 2.03 bits per heavy atom. The van der Waals surface area contributed by atoms with E-state index in [4.69, 9.17) is 4.74 Å². The normalized spacial score (nSPS) is 31.1. The van der Waals surface area contributed by atoms with Gasteiger partial charge in [-0.1, -0.05) is 0 Å². The lowest BCUT2D eigenvalue weighted by Gasteiger charge is -2.61. The van der Waals surface area contributed by atoms with E-state index in [2.05, 4.69) is 41.0 Å². The minimum atomic E-state index is -1.28. The molecule has 0 aromatic carbocycles. The van der Waals surface area contributed by atoms with E-state index in [1.54, 1.807) is 12.3 Å². The standard InChI is InChI=1S/C24H30FN9O2/c25-20-15(1-2-18(20)36-23(35)30-24-10-14(11-24)12-24)16-9-19(32-31-16)29-22-28-13-17(21-27-5-8-34(21)22)33-6-3-26-4-7-33/h5,8-9,13-15,18,20,26H,1-4,6-7,10-12H2,(H,30,35)(H2,28,29,31,32)/t14?,15-,18-,20-,24?/m1/s1. The van der Waals surface area contributed by atoms with Crippen LogP contribution >= 0.6 is 0 Å². The first kappa shape index (κ1) is 21.8.